The zero-order valence-corrected chi connectivity index (χ0v) is 21.9. The van der Waals surface area contributed by atoms with E-state index in [0.717, 1.165) is 55.7 Å². The summed E-state index contributed by atoms with van der Waals surface area (Å²) >= 11 is 1.47. The smallest absolute Gasteiger partial charge is 0.338 e. The number of ether oxygens (including phenoxy) is 3. The second-order valence-electron chi connectivity index (χ2n) is 8.71. The maximum Gasteiger partial charge on any atom is 0.338 e. The van der Waals surface area contributed by atoms with Crippen molar-refractivity contribution in [2.24, 2.45) is 4.99 Å². The Labute approximate surface area is 216 Å². The Morgan fingerprint density at radius 2 is 2.06 bits per heavy atom. The van der Waals surface area contributed by atoms with E-state index in [2.05, 4.69) is 10.2 Å². The van der Waals surface area contributed by atoms with Crippen molar-refractivity contribution in [2.75, 3.05) is 53.6 Å². The van der Waals surface area contributed by atoms with Gasteiger partial charge in [0.15, 0.2) is 5.17 Å². The molecule has 1 amide bonds. The zero-order valence-electron chi connectivity index (χ0n) is 21.1. The van der Waals surface area contributed by atoms with Crippen LogP contribution < -0.4 is 10.1 Å². The van der Waals surface area contributed by atoms with Gasteiger partial charge in [-0.05, 0) is 42.5 Å². The molecule has 194 valence electrons. The molecule has 4 rings (SSSR count). The number of hydrogen-bond acceptors (Lipinski definition) is 9. The number of nitrogens with one attached hydrogen (secondary N) is 1. The maximum atomic E-state index is 13.0. The van der Waals surface area contributed by atoms with Gasteiger partial charge in [0.1, 0.15) is 5.75 Å². The quantitative estimate of drug-likeness (QED) is 0.376. The highest BCUT2D eigenvalue weighted by molar-refractivity contribution is 8.16. The first-order chi connectivity index (χ1) is 17.5. The number of methoxy groups -OCH3 is 2. The van der Waals surface area contributed by atoms with Crippen molar-refractivity contribution in [3.63, 3.8) is 0 Å². The highest BCUT2D eigenvalue weighted by Gasteiger charge is 2.41. The average Bonchev–Trinajstić information content (AvgIpc) is 3.32. The minimum Gasteiger partial charge on any atom is -0.497 e. The first kappa shape index (κ1) is 26.2. The Morgan fingerprint density at radius 3 is 2.78 bits per heavy atom. The number of morpholine rings is 1. The normalized spacial score (nSPS) is 20.0. The first-order valence-electron chi connectivity index (χ1n) is 12.3. The molecular weight excluding hydrogens is 480 g/mol. The van der Waals surface area contributed by atoms with Crippen LogP contribution in [0.15, 0.2) is 51.6 Å². The fraction of sp³-hybridized carbons (Fsp3) is 0.500. The lowest BCUT2D eigenvalue weighted by molar-refractivity contribution is -0.136. The molecule has 1 fully saturated rings. The fourth-order valence-electron chi connectivity index (χ4n) is 4.62. The number of aliphatic imine (C=N–C) groups is 1. The molecule has 3 aliphatic heterocycles. The van der Waals surface area contributed by atoms with Gasteiger partial charge < -0.3 is 24.4 Å². The molecule has 1 atom stereocenters. The van der Waals surface area contributed by atoms with Gasteiger partial charge in [-0.3, -0.25) is 9.69 Å². The summed E-state index contributed by atoms with van der Waals surface area (Å²) in [4.78, 5) is 35.0. The number of esters is 1. The molecule has 1 saturated heterocycles. The van der Waals surface area contributed by atoms with Gasteiger partial charge in [0.25, 0.3) is 0 Å². The SMILES string of the molecule is CCC1=C(C(=O)OC)C(c2cccc(OC)c2)N2C(CC(=O)NCCCN3CCOCC3)=CSC2=N1. The fourth-order valence-corrected chi connectivity index (χ4v) is 5.56. The standard InChI is InChI=1S/C26H34N4O5S/c1-4-21-23(25(32)34-3)24(18-7-5-8-20(15-18)33-2)30-19(17-36-26(30)28-21)16-22(31)27-9-6-10-29-11-13-35-14-12-29/h5,7-8,15,17,24H,4,6,9-14,16H2,1-3H3,(H,27,31). The molecule has 0 bridgehead atoms. The Bertz CT molecular complexity index is 1060. The van der Waals surface area contributed by atoms with Gasteiger partial charge >= 0.3 is 5.97 Å². The topological polar surface area (TPSA) is 92.7 Å². The summed E-state index contributed by atoms with van der Waals surface area (Å²) in [5.41, 5.74) is 2.84. The number of carbonyl (C=O) groups is 2. The molecule has 0 aromatic heterocycles. The van der Waals surface area contributed by atoms with E-state index < -0.39 is 12.0 Å². The second kappa shape index (κ2) is 12.4. The van der Waals surface area contributed by atoms with Gasteiger partial charge in [-0.1, -0.05) is 30.8 Å². The molecule has 10 heteroatoms. The zero-order chi connectivity index (χ0) is 25.5. The Hall–Kier alpha value is -2.82. The highest BCUT2D eigenvalue weighted by atomic mass is 32.2. The largest absolute Gasteiger partial charge is 0.497 e. The number of allylic oxidation sites excluding steroid dienone is 1. The van der Waals surface area contributed by atoms with Crippen molar-refractivity contribution in [1.29, 1.82) is 0 Å². The van der Waals surface area contributed by atoms with Crippen molar-refractivity contribution in [2.45, 2.75) is 32.2 Å². The summed E-state index contributed by atoms with van der Waals surface area (Å²) in [6.45, 7) is 6.95. The molecule has 0 radical (unpaired) electrons. The van der Waals surface area contributed by atoms with E-state index in [-0.39, 0.29) is 12.3 Å². The van der Waals surface area contributed by atoms with E-state index in [1.165, 1.54) is 18.9 Å². The summed E-state index contributed by atoms with van der Waals surface area (Å²) < 4.78 is 16.0. The third kappa shape index (κ3) is 5.93. The lowest BCUT2D eigenvalue weighted by atomic mass is 9.92. The maximum absolute atomic E-state index is 13.0. The van der Waals surface area contributed by atoms with Crippen LogP contribution in [-0.2, 0) is 19.1 Å². The molecule has 1 N–H and O–H groups in total. The Morgan fingerprint density at radius 1 is 1.25 bits per heavy atom. The van der Waals surface area contributed by atoms with Crippen LogP contribution in [0, 0.1) is 0 Å². The van der Waals surface area contributed by atoms with Crippen LogP contribution >= 0.6 is 11.8 Å². The lowest BCUT2D eigenvalue weighted by Crippen LogP contribution is -2.39. The van der Waals surface area contributed by atoms with Crippen LogP contribution in [0.25, 0.3) is 0 Å². The van der Waals surface area contributed by atoms with Crippen molar-refractivity contribution in [3.8, 4) is 5.75 Å². The summed E-state index contributed by atoms with van der Waals surface area (Å²) in [6, 6.07) is 7.16. The van der Waals surface area contributed by atoms with Crippen molar-refractivity contribution in [3.05, 3.63) is 52.2 Å². The van der Waals surface area contributed by atoms with Gasteiger partial charge in [0.2, 0.25) is 5.91 Å². The minimum atomic E-state index is -0.467. The number of rotatable bonds is 10. The molecule has 0 saturated carbocycles. The average molecular weight is 515 g/mol. The summed E-state index contributed by atoms with van der Waals surface area (Å²) in [5.74, 6) is 0.208. The number of nitrogens with zero attached hydrogens (tertiary/aromatic N) is 3. The summed E-state index contributed by atoms with van der Waals surface area (Å²) in [7, 11) is 2.99. The number of fused-ring (bicyclic) bond motifs is 1. The van der Waals surface area contributed by atoms with Crippen LogP contribution in [0.4, 0.5) is 0 Å². The monoisotopic (exact) mass is 514 g/mol. The number of amidine groups is 1. The lowest BCUT2D eigenvalue weighted by Gasteiger charge is -2.36. The highest BCUT2D eigenvalue weighted by Crippen LogP contribution is 2.45. The van der Waals surface area contributed by atoms with Crippen LogP contribution in [0.1, 0.15) is 37.8 Å². The number of hydrogen-bond donors (Lipinski definition) is 1. The molecular formula is C26H34N4O5S. The van der Waals surface area contributed by atoms with E-state index >= 15 is 0 Å². The van der Waals surface area contributed by atoms with E-state index in [1.807, 2.05) is 41.5 Å². The summed E-state index contributed by atoms with van der Waals surface area (Å²) in [6.07, 6.45) is 1.67. The molecule has 3 heterocycles. The van der Waals surface area contributed by atoms with Crippen LogP contribution in [0.2, 0.25) is 0 Å². The van der Waals surface area contributed by atoms with Gasteiger partial charge in [0.05, 0.1) is 51.2 Å². The van der Waals surface area contributed by atoms with Gasteiger partial charge in [-0.15, -0.1) is 0 Å². The van der Waals surface area contributed by atoms with Crippen LogP contribution in [-0.4, -0.2) is 80.5 Å². The third-order valence-corrected chi connectivity index (χ3v) is 7.35. The van der Waals surface area contributed by atoms with Gasteiger partial charge in [-0.25, -0.2) is 9.79 Å². The van der Waals surface area contributed by atoms with E-state index in [1.54, 1.807) is 7.11 Å². The van der Waals surface area contributed by atoms with Crippen molar-refractivity contribution < 1.29 is 23.8 Å². The Kier molecular flexibility index (Phi) is 9.06. The number of amides is 1. The van der Waals surface area contributed by atoms with Crippen molar-refractivity contribution >= 4 is 28.8 Å². The number of carbonyl (C=O) groups excluding carboxylic acids is 2. The first-order valence-corrected chi connectivity index (χ1v) is 13.2. The predicted octanol–water partition coefficient (Wildman–Crippen LogP) is 3.06. The number of benzene rings is 1. The minimum absolute atomic E-state index is 0.0562. The second-order valence-corrected chi connectivity index (χ2v) is 9.55. The predicted molar refractivity (Wildman–Crippen MR) is 140 cm³/mol. The van der Waals surface area contributed by atoms with Gasteiger partial charge in [0, 0.05) is 25.3 Å². The molecule has 3 aliphatic rings. The number of thioether (sulfide) groups is 1. The molecule has 0 spiro atoms. The van der Waals surface area contributed by atoms with E-state index in [4.69, 9.17) is 19.2 Å². The summed E-state index contributed by atoms with van der Waals surface area (Å²) in [5, 5.41) is 5.75. The molecule has 1 aromatic carbocycles. The molecule has 1 unspecified atom stereocenters. The third-order valence-electron chi connectivity index (χ3n) is 6.46. The molecule has 0 aliphatic carbocycles. The molecule has 1 aromatic rings. The van der Waals surface area contributed by atoms with E-state index in [9.17, 15) is 9.59 Å². The Balaban J connectivity index is 1.50. The van der Waals surface area contributed by atoms with Gasteiger partial charge in [-0.2, -0.15) is 0 Å². The van der Waals surface area contributed by atoms with Crippen LogP contribution in [0.3, 0.4) is 0 Å². The molecule has 9 nitrogen and oxygen atoms in total. The van der Waals surface area contributed by atoms with Crippen LogP contribution in [0.5, 0.6) is 5.75 Å². The molecule has 36 heavy (non-hydrogen) atoms. The van der Waals surface area contributed by atoms with E-state index in [0.29, 0.717) is 30.0 Å². The van der Waals surface area contributed by atoms with Crippen molar-refractivity contribution in [1.82, 2.24) is 15.1 Å².